The van der Waals surface area contributed by atoms with Gasteiger partial charge in [-0.3, -0.25) is 10.7 Å². The first kappa shape index (κ1) is 16.0. The molecular weight excluding hydrogens is 216 g/mol. The molecule has 6 heteroatoms. The summed E-state index contributed by atoms with van der Waals surface area (Å²) in [7, 11) is 0. The van der Waals surface area contributed by atoms with Crippen LogP contribution < -0.4 is 22.5 Å². The van der Waals surface area contributed by atoms with Crippen LogP contribution in [0.2, 0.25) is 0 Å². The van der Waals surface area contributed by atoms with Gasteiger partial charge in [-0.2, -0.15) is 0 Å². The standard InChI is InChI=1S/C10H22N6.CH4/c11-5-1-3-7-9(13)16-10(14)8(15-7)4-2-6-12;/h7-8,15H,1-6,11-12H2,(H3,13,14,16);1H4. The molecule has 1 rings (SSSR count). The highest BCUT2D eigenvalue weighted by Crippen LogP contribution is 2.09. The number of hydrogen-bond donors (Lipinski definition) is 5. The Balaban J connectivity index is 0.00000256. The van der Waals surface area contributed by atoms with E-state index in [9.17, 15) is 0 Å². The molecule has 100 valence electrons. The van der Waals surface area contributed by atoms with E-state index >= 15 is 0 Å². The van der Waals surface area contributed by atoms with Crippen molar-refractivity contribution in [1.29, 1.82) is 5.41 Å². The third kappa shape index (κ3) is 4.80. The SMILES string of the molecule is C.N=C1N=C(N)C(CCCN)NC1CCCN. The largest absolute Gasteiger partial charge is 0.386 e. The molecule has 0 fully saturated rings. The Morgan fingerprint density at radius 1 is 1.12 bits per heavy atom. The molecule has 0 aromatic carbocycles. The van der Waals surface area contributed by atoms with Crippen LogP contribution in [0.25, 0.3) is 0 Å². The number of nitrogens with zero attached hydrogens (tertiary/aromatic N) is 1. The summed E-state index contributed by atoms with van der Waals surface area (Å²) in [5.74, 6) is 0.817. The molecule has 0 saturated carbocycles. The van der Waals surface area contributed by atoms with E-state index in [4.69, 9.17) is 22.6 Å². The lowest BCUT2D eigenvalue weighted by Crippen LogP contribution is -2.53. The zero-order valence-electron chi connectivity index (χ0n) is 9.58. The molecule has 1 heterocycles. The van der Waals surface area contributed by atoms with Crippen molar-refractivity contribution < 1.29 is 0 Å². The molecule has 0 radical (unpaired) electrons. The van der Waals surface area contributed by atoms with Crippen LogP contribution in [0.5, 0.6) is 0 Å². The summed E-state index contributed by atoms with van der Waals surface area (Å²) in [4.78, 5) is 4.08. The number of nitrogens with one attached hydrogen (secondary N) is 2. The van der Waals surface area contributed by atoms with Gasteiger partial charge in [0.1, 0.15) is 11.7 Å². The molecule has 0 aromatic heterocycles. The highest BCUT2D eigenvalue weighted by molar-refractivity contribution is 6.02. The fourth-order valence-electron chi connectivity index (χ4n) is 1.80. The third-order valence-corrected chi connectivity index (χ3v) is 2.73. The fraction of sp³-hybridized carbons (Fsp3) is 0.818. The van der Waals surface area contributed by atoms with Gasteiger partial charge in [-0.25, -0.2) is 4.99 Å². The van der Waals surface area contributed by atoms with Crippen LogP contribution in [0.3, 0.4) is 0 Å². The Bertz CT molecular complexity index is 263. The van der Waals surface area contributed by atoms with Crippen LogP contribution in [0.15, 0.2) is 4.99 Å². The Morgan fingerprint density at radius 2 is 1.65 bits per heavy atom. The summed E-state index contributed by atoms with van der Waals surface area (Å²) in [5, 5.41) is 11.1. The smallest absolute Gasteiger partial charge is 0.139 e. The number of hydrogen-bond acceptors (Lipinski definition) is 5. The maximum atomic E-state index is 7.73. The average Bonchev–Trinajstić information content (AvgIpc) is 2.26. The molecular formula is C11H26N6. The molecule has 0 aliphatic carbocycles. The van der Waals surface area contributed by atoms with Crippen LogP contribution in [-0.4, -0.2) is 36.8 Å². The van der Waals surface area contributed by atoms with Crippen molar-refractivity contribution >= 4 is 11.7 Å². The molecule has 0 spiro atoms. The second-order valence-electron chi connectivity index (χ2n) is 4.06. The first-order chi connectivity index (χ1) is 7.69. The van der Waals surface area contributed by atoms with E-state index < -0.39 is 0 Å². The summed E-state index contributed by atoms with van der Waals surface area (Å²) < 4.78 is 0. The molecule has 0 aromatic rings. The average molecular weight is 242 g/mol. The van der Waals surface area contributed by atoms with Gasteiger partial charge in [0, 0.05) is 0 Å². The van der Waals surface area contributed by atoms with Crippen LogP contribution in [0, 0.1) is 5.41 Å². The fourth-order valence-corrected chi connectivity index (χ4v) is 1.80. The number of aliphatic imine (C=N–C) groups is 1. The van der Waals surface area contributed by atoms with Gasteiger partial charge in [0.05, 0.1) is 12.1 Å². The monoisotopic (exact) mass is 242 g/mol. The highest BCUT2D eigenvalue weighted by atomic mass is 15.1. The minimum absolute atomic E-state index is 0. The van der Waals surface area contributed by atoms with Gasteiger partial charge in [-0.05, 0) is 38.8 Å². The minimum Gasteiger partial charge on any atom is -0.386 e. The lowest BCUT2D eigenvalue weighted by molar-refractivity contribution is 0.486. The summed E-state index contributed by atoms with van der Waals surface area (Å²) in [6.07, 6.45) is 3.51. The maximum Gasteiger partial charge on any atom is 0.139 e. The van der Waals surface area contributed by atoms with E-state index in [1.807, 2.05) is 0 Å². The van der Waals surface area contributed by atoms with Crippen molar-refractivity contribution in [2.45, 2.75) is 45.2 Å². The molecule has 6 nitrogen and oxygen atoms in total. The molecule has 2 unspecified atom stereocenters. The minimum atomic E-state index is -0.0152. The zero-order valence-corrected chi connectivity index (χ0v) is 9.58. The van der Waals surface area contributed by atoms with Crippen molar-refractivity contribution in [3.8, 4) is 0 Å². The Labute approximate surface area is 104 Å². The predicted octanol–water partition coefficient (Wildman–Crippen LogP) is -0.225. The second kappa shape index (κ2) is 8.16. The Morgan fingerprint density at radius 3 is 2.18 bits per heavy atom. The van der Waals surface area contributed by atoms with E-state index in [0.29, 0.717) is 24.8 Å². The van der Waals surface area contributed by atoms with E-state index in [-0.39, 0.29) is 19.5 Å². The Kier molecular flexibility index (Phi) is 7.69. The van der Waals surface area contributed by atoms with E-state index in [1.165, 1.54) is 0 Å². The number of nitrogens with two attached hydrogens (primary N) is 3. The molecule has 2 atom stereocenters. The normalized spacial score (nSPS) is 24.1. The topological polar surface area (TPSA) is 126 Å². The zero-order chi connectivity index (χ0) is 12.0. The second-order valence-corrected chi connectivity index (χ2v) is 4.06. The number of amidine groups is 2. The maximum absolute atomic E-state index is 7.73. The quantitative estimate of drug-likeness (QED) is 0.441. The van der Waals surface area contributed by atoms with Crippen LogP contribution in [0.1, 0.15) is 33.1 Å². The molecule has 1 aliphatic heterocycles. The lowest BCUT2D eigenvalue weighted by Gasteiger charge is -2.29. The van der Waals surface area contributed by atoms with Crippen molar-refractivity contribution in [1.82, 2.24) is 5.32 Å². The lowest BCUT2D eigenvalue weighted by atomic mass is 10.0. The molecule has 1 aliphatic rings. The summed E-state index contributed by atoms with van der Waals surface area (Å²) >= 11 is 0. The van der Waals surface area contributed by atoms with Gasteiger partial charge in [-0.1, -0.05) is 7.43 Å². The van der Waals surface area contributed by atoms with Crippen molar-refractivity contribution in [3.05, 3.63) is 0 Å². The van der Waals surface area contributed by atoms with Gasteiger partial charge in [0.2, 0.25) is 0 Å². The number of rotatable bonds is 6. The summed E-state index contributed by atoms with van der Waals surface area (Å²) in [6.45, 7) is 1.29. The van der Waals surface area contributed by atoms with Gasteiger partial charge in [0.15, 0.2) is 0 Å². The predicted molar refractivity (Wildman–Crippen MR) is 73.4 cm³/mol. The van der Waals surface area contributed by atoms with Crippen molar-refractivity contribution in [3.63, 3.8) is 0 Å². The molecule has 0 amide bonds. The molecule has 17 heavy (non-hydrogen) atoms. The van der Waals surface area contributed by atoms with Crippen molar-refractivity contribution in [2.75, 3.05) is 13.1 Å². The van der Waals surface area contributed by atoms with Crippen LogP contribution >= 0.6 is 0 Å². The van der Waals surface area contributed by atoms with Crippen LogP contribution in [-0.2, 0) is 0 Å². The van der Waals surface area contributed by atoms with Crippen molar-refractivity contribution in [2.24, 2.45) is 22.2 Å². The highest BCUT2D eigenvalue weighted by Gasteiger charge is 2.26. The molecule has 0 saturated heterocycles. The van der Waals surface area contributed by atoms with E-state index in [0.717, 1.165) is 25.7 Å². The molecule has 8 N–H and O–H groups in total. The van der Waals surface area contributed by atoms with E-state index in [2.05, 4.69) is 10.3 Å². The van der Waals surface area contributed by atoms with Gasteiger partial charge in [-0.15, -0.1) is 0 Å². The van der Waals surface area contributed by atoms with Gasteiger partial charge in [0.25, 0.3) is 0 Å². The van der Waals surface area contributed by atoms with E-state index in [1.54, 1.807) is 0 Å². The van der Waals surface area contributed by atoms with Gasteiger partial charge < -0.3 is 17.2 Å². The van der Waals surface area contributed by atoms with Gasteiger partial charge >= 0.3 is 0 Å². The third-order valence-electron chi connectivity index (χ3n) is 2.73. The summed E-state index contributed by atoms with van der Waals surface area (Å²) in [6, 6.07) is 0.0408. The Hall–Kier alpha value is -0.980. The van der Waals surface area contributed by atoms with Crippen LogP contribution in [0.4, 0.5) is 0 Å². The first-order valence-corrected chi connectivity index (χ1v) is 5.77. The molecule has 0 bridgehead atoms. The first-order valence-electron chi connectivity index (χ1n) is 5.77. The summed E-state index contributed by atoms with van der Waals surface area (Å²) in [5.41, 5.74) is 16.7.